The van der Waals surface area contributed by atoms with Gasteiger partial charge < -0.3 is 4.74 Å². The number of carbonyl (C=O) groups is 2. The van der Waals surface area contributed by atoms with E-state index in [0.717, 1.165) is 6.07 Å². The molecule has 7 heteroatoms. The number of hydrogen-bond acceptors (Lipinski definition) is 5. The van der Waals surface area contributed by atoms with Crippen molar-refractivity contribution in [1.82, 2.24) is 0 Å². The maximum atomic E-state index is 12.1. The van der Waals surface area contributed by atoms with Crippen molar-refractivity contribution in [3.63, 3.8) is 0 Å². The van der Waals surface area contributed by atoms with Gasteiger partial charge in [-0.15, -0.1) is 0 Å². The highest BCUT2D eigenvalue weighted by Crippen LogP contribution is 2.35. The Hall–Kier alpha value is -2.25. The van der Waals surface area contributed by atoms with E-state index in [1.807, 2.05) is 13.8 Å². The Morgan fingerprint density at radius 1 is 1.09 bits per heavy atom. The molecule has 6 nitrogen and oxygen atoms in total. The fraction of sp³-hybridized carbons (Fsp3) is 0.200. The van der Waals surface area contributed by atoms with Crippen molar-refractivity contribution in [2.24, 2.45) is 0 Å². The molecular weight excluding hydrogens is 308 g/mol. The summed E-state index contributed by atoms with van der Waals surface area (Å²) in [5.41, 5.74) is 0.942. The Morgan fingerprint density at radius 3 is 2.36 bits per heavy atom. The number of hydrogen-bond donors (Lipinski definition) is 1. The van der Waals surface area contributed by atoms with Crippen LogP contribution in [0.5, 0.6) is 0 Å². The minimum absolute atomic E-state index is 0.0225. The minimum Gasteiger partial charge on any atom is -0.386 e. The zero-order chi connectivity index (χ0) is 16.2. The van der Waals surface area contributed by atoms with E-state index in [-0.39, 0.29) is 17.0 Å². The molecule has 0 amide bonds. The summed E-state index contributed by atoms with van der Waals surface area (Å²) in [5, 5.41) is 0.745. The largest absolute Gasteiger partial charge is 0.386 e. The molecule has 1 aliphatic heterocycles. The van der Waals surface area contributed by atoms with Crippen LogP contribution in [0.4, 0.5) is 0 Å². The number of rotatable bonds is 2. The van der Waals surface area contributed by atoms with Crippen LogP contribution in [0.1, 0.15) is 46.0 Å². The fourth-order valence-electron chi connectivity index (χ4n) is 2.66. The number of cyclic esters (lactones) is 2. The van der Waals surface area contributed by atoms with E-state index in [9.17, 15) is 22.6 Å². The average molecular weight is 320 g/mol. The summed E-state index contributed by atoms with van der Waals surface area (Å²) in [4.78, 5) is 23.6. The summed E-state index contributed by atoms with van der Waals surface area (Å²) in [6, 6.07) is 5.57. The second-order valence-electron chi connectivity index (χ2n) is 5.41. The van der Waals surface area contributed by atoms with Crippen LogP contribution in [0.3, 0.4) is 0 Å². The van der Waals surface area contributed by atoms with Crippen LogP contribution < -0.4 is 0 Å². The topological polar surface area (TPSA) is 97.7 Å². The molecule has 2 aromatic carbocycles. The zero-order valence-electron chi connectivity index (χ0n) is 11.8. The van der Waals surface area contributed by atoms with E-state index in [4.69, 9.17) is 4.74 Å². The molecule has 0 bridgehead atoms. The zero-order valence-corrected chi connectivity index (χ0v) is 12.6. The fourth-order valence-corrected chi connectivity index (χ4v) is 3.20. The molecule has 1 heterocycles. The lowest BCUT2D eigenvalue weighted by Gasteiger charge is -2.20. The van der Waals surface area contributed by atoms with Crippen molar-refractivity contribution >= 4 is 32.8 Å². The molecule has 0 aliphatic carbocycles. The van der Waals surface area contributed by atoms with Crippen LogP contribution in [0.2, 0.25) is 0 Å². The van der Waals surface area contributed by atoms with Crippen molar-refractivity contribution in [1.29, 1.82) is 0 Å². The van der Waals surface area contributed by atoms with Gasteiger partial charge in [-0.25, -0.2) is 9.59 Å². The van der Waals surface area contributed by atoms with Gasteiger partial charge in [-0.05, 0) is 29.0 Å². The molecule has 0 radical (unpaired) electrons. The molecule has 0 saturated carbocycles. The van der Waals surface area contributed by atoms with Gasteiger partial charge in [0, 0.05) is 5.39 Å². The molecule has 2 aromatic rings. The molecule has 0 atom stereocenters. The predicted octanol–water partition coefficient (Wildman–Crippen LogP) is 2.52. The van der Waals surface area contributed by atoms with Crippen LogP contribution in [-0.2, 0) is 14.9 Å². The Kier molecular flexibility index (Phi) is 3.08. The first-order chi connectivity index (χ1) is 10.2. The number of benzene rings is 2. The van der Waals surface area contributed by atoms with Gasteiger partial charge in [-0.2, -0.15) is 8.42 Å². The van der Waals surface area contributed by atoms with E-state index >= 15 is 0 Å². The van der Waals surface area contributed by atoms with E-state index in [2.05, 4.69) is 0 Å². The molecule has 3 rings (SSSR count). The summed E-state index contributed by atoms with van der Waals surface area (Å²) < 4.78 is 36.6. The molecule has 1 aliphatic rings. The average Bonchev–Trinajstić information content (AvgIpc) is 2.42. The minimum atomic E-state index is -4.47. The third kappa shape index (κ3) is 2.10. The van der Waals surface area contributed by atoms with Crippen LogP contribution in [-0.4, -0.2) is 24.9 Å². The number of ether oxygens (including phenoxy) is 1. The first kappa shape index (κ1) is 14.7. The molecule has 0 unspecified atom stereocenters. The van der Waals surface area contributed by atoms with Crippen LogP contribution in [0.15, 0.2) is 29.2 Å². The molecule has 0 aromatic heterocycles. The van der Waals surface area contributed by atoms with Crippen LogP contribution in [0, 0.1) is 0 Å². The normalized spacial score (nSPS) is 14.5. The monoisotopic (exact) mass is 320 g/mol. The summed E-state index contributed by atoms with van der Waals surface area (Å²) in [7, 11) is -4.47. The Bertz CT molecular complexity index is 940. The van der Waals surface area contributed by atoms with E-state index < -0.39 is 27.0 Å². The molecule has 22 heavy (non-hydrogen) atoms. The lowest BCUT2D eigenvalue weighted by atomic mass is 9.89. The number of esters is 2. The smallest absolute Gasteiger partial charge is 0.346 e. The third-order valence-electron chi connectivity index (χ3n) is 3.65. The van der Waals surface area contributed by atoms with Gasteiger partial charge in [0.15, 0.2) is 0 Å². The number of carbonyl (C=O) groups excluding carboxylic acids is 2. The highest BCUT2D eigenvalue weighted by atomic mass is 32.2. The highest BCUT2D eigenvalue weighted by Gasteiger charge is 2.31. The quantitative estimate of drug-likeness (QED) is 0.519. The van der Waals surface area contributed by atoms with Gasteiger partial charge in [0.25, 0.3) is 10.1 Å². The predicted molar refractivity (Wildman–Crippen MR) is 77.6 cm³/mol. The lowest BCUT2D eigenvalue weighted by Crippen LogP contribution is -2.22. The van der Waals surface area contributed by atoms with Crippen molar-refractivity contribution < 1.29 is 27.3 Å². The van der Waals surface area contributed by atoms with Crippen molar-refractivity contribution in [3.8, 4) is 0 Å². The van der Waals surface area contributed by atoms with E-state index in [0.29, 0.717) is 16.3 Å². The Labute approximate surface area is 126 Å². The van der Waals surface area contributed by atoms with Crippen LogP contribution in [0.25, 0.3) is 10.8 Å². The molecule has 0 fully saturated rings. The lowest BCUT2D eigenvalue weighted by molar-refractivity contribution is 0.0390. The SMILES string of the molecule is CC(C)c1ccc2cc(S(=O)(=O)O)cc3c2c1C(=O)OC3=O. The van der Waals surface area contributed by atoms with Crippen molar-refractivity contribution in [3.05, 3.63) is 41.0 Å². The first-order valence-corrected chi connectivity index (χ1v) is 7.99. The van der Waals surface area contributed by atoms with Gasteiger partial charge in [0.1, 0.15) is 0 Å². The highest BCUT2D eigenvalue weighted by molar-refractivity contribution is 7.85. The van der Waals surface area contributed by atoms with Crippen LogP contribution >= 0.6 is 0 Å². The van der Waals surface area contributed by atoms with Gasteiger partial charge in [-0.3, -0.25) is 4.55 Å². The third-order valence-corrected chi connectivity index (χ3v) is 4.48. The Balaban J connectivity index is 2.51. The van der Waals surface area contributed by atoms with Crippen molar-refractivity contribution in [2.75, 3.05) is 0 Å². The van der Waals surface area contributed by atoms with Gasteiger partial charge >= 0.3 is 11.9 Å². The first-order valence-electron chi connectivity index (χ1n) is 6.55. The summed E-state index contributed by atoms with van der Waals surface area (Å²) >= 11 is 0. The van der Waals surface area contributed by atoms with E-state index in [1.165, 1.54) is 6.07 Å². The van der Waals surface area contributed by atoms with Gasteiger partial charge in [-0.1, -0.05) is 26.0 Å². The molecule has 1 N–H and O–H groups in total. The summed E-state index contributed by atoms with van der Waals surface area (Å²) in [5.74, 6) is -1.64. The molecular formula is C15H12O6S. The summed E-state index contributed by atoms with van der Waals surface area (Å²) in [6.45, 7) is 3.79. The van der Waals surface area contributed by atoms with Crippen molar-refractivity contribution in [2.45, 2.75) is 24.7 Å². The molecule has 0 spiro atoms. The maximum absolute atomic E-state index is 12.1. The second-order valence-corrected chi connectivity index (χ2v) is 6.83. The van der Waals surface area contributed by atoms with Gasteiger partial charge in [0.05, 0.1) is 16.0 Å². The Morgan fingerprint density at radius 2 is 1.77 bits per heavy atom. The summed E-state index contributed by atoms with van der Waals surface area (Å²) in [6.07, 6.45) is 0. The standard InChI is InChI=1S/C15H12O6S/c1-7(2)10-4-3-8-5-9(22(18,19)20)6-11-12(8)13(10)15(17)21-14(11)16/h3-7H,1-2H3,(H,18,19,20). The van der Waals surface area contributed by atoms with Gasteiger partial charge in [0.2, 0.25) is 0 Å². The second kappa shape index (κ2) is 4.62. The molecule has 0 saturated heterocycles. The van der Waals surface area contributed by atoms with E-state index in [1.54, 1.807) is 12.1 Å². The maximum Gasteiger partial charge on any atom is 0.346 e. The molecule has 114 valence electrons.